The normalized spacial score (nSPS) is 18.7. The zero-order valence-electron chi connectivity index (χ0n) is 11.3. The van der Waals surface area contributed by atoms with Gasteiger partial charge in [-0.25, -0.2) is 9.48 Å². The minimum Gasteiger partial charge on any atom is -0.464 e. The number of nitrogens with zero attached hydrogens (tertiary/aromatic N) is 3. The van der Waals surface area contributed by atoms with Gasteiger partial charge in [0.15, 0.2) is 5.69 Å². The summed E-state index contributed by atoms with van der Waals surface area (Å²) in [7, 11) is 2.96. The van der Waals surface area contributed by atoms with E-state index in [4.69, 9.17) is 14.2 Å². The van der Waals surface area contributed by atoms with Gasteiger partial charge >= 0.3 is 5.97 Å². The minimum atomic E-state index is -0.458. The van der Waals surface area contributed by atoms with E-state index in [9.17, 15) is 4.79 Å². The Bertz CT molecular complexity index is 427. The Morgan fingerprint density at radius 3 is 3.00 bits per heavy atom. The predicted molar refractivity (Wildman–Crippen MR) is 65.9 cm³/mol. The van der Waals surface area contributed by atoms with Crippen LogP contribution in [0.4, 0.5) is 0 Å². The van der Waals surface area contributed by atoms with Crippen LogP contribution in [0.2, 0.25) is 0 Å². The standard InChI is InChI=1S/C12H19N3O4/c1-17-5-4-10-11(12(16)18-2)13-14-15(10)7-9-3-6-19-8-9/h9H,3-8H2,1-2H3. The van der Waals surface area contributed by atoms with E-state index in [2.05, 4.69) is 10.3 Å². The second kappa shape index (κ2) is 6.63. The van der Waals surface area contributed by atoms with Crippen molar-refractivity contribution in [1.82, 2.24) is 15.0 Å². The van der Waals surface area contributed by atoms with E-state index in [1.165, 1.54) is 7.11 Å². The zero-order chi connectivity index (χ0) is 13.7. The average molecular weight is 269 g/mol. The molecule has 0 spiro atoms. The molecule has 2 rings (SSSR count). The van der Waals surface area contributed by atoms with Gasteiger partial charge in [0.25, 0.3) is 0 Å². The van der Waals surface area contributed by atoms with Crippen molar-refractivity contribution in [3.63, 3.8) is 0 Å². The lowest BCUT2D eigenvalue weighted by molar-refractivity contribution is 0.0592. The van der Waals surface area contributed by atoms with Gasteiger partial charge < -0.3 is 14.2 Å². The first-order valence-corrected chi connectivity index (χ1v) is 6.33. The van der Waals surface area contributed by atoms with Crippen LogP contribution in [0.1, 0.15) is 22.6 Å². The first kappa shape index (κ1) is 14.0. The molecule has 1 fully saturated rings. The fourth-order valence-electron chi connectivity index (χ4n) is 2.15. The van der Waals surface area contributed by atoms with E-state index in [-0.39, 0.29) is 5.69 Å². The summed E-state index contributed by atoms with van der Waals surface area (Å²) in [5.41, 5.74) is 1.04. The Balaban J connectivity index is 2.15. The molecule has 0 amide bonds. The second-order valence-electron chi connectivity index (χ2n) is 4.53. The van der Waals surface area contributed by atoms with Crippen LogP contribution in [0.3, 0.4) is 0 Å². The Morgan fingerprint density at radius 1 is 1.53 bits per heavy atom. The van der Waals surface area contributed by atoms with Crippen LogP contribution in [0.5, 0.6) is 0 Å². The maximum atomic E-state index is 11.6. The Labute approximate surface area is 111 Å². The minimum absolute atomic E-state index is 0.276. The highest BCUT2D eigenvalue weighted by atomic mass is 16.5. The molecule has 1 unspecified atom stereocenters. The second-order valence-corrected chi connectivity index (χ2v) is 4.53. The zero-order valence-corrected chi connectivity index (χ0v) is 11.3. The highest BCUT2D eigenvalue weighted by Gasteiger charge is 2.23. The first-order valence-electron chi connectivity index (χ1n) is 6.33. The van der Waals surface area contributed by atoms with Gasteiger partial charge in [0.05, 0.1) is 26.0 Å². The number of carbonyl (C=O) groups excluding carboxylic acids is 1. The SMILES string of the molecule is COCCc1c(C(=O)OC)nnn1CC1CCOC1. The number of methoxy groups -OCH3 is 2. The highest BCUT2D eigenvalue weighted by molar-refractivity contribution is 5.88. The molecule has 1 aromatic rings. The van der Waals surface area contributed by atoms with Crippen LogP contribution in [0.25, 0.3) is 0 Å². The monoisotopic (exact) mass is 269 g/mol. The number of esters is 1. The van der Waals surface area contributed by atoms with Crippen molar-refractivity contribution < 1.29 is 19.0 Å². The fraction of sp³-hybridized carbons (Fsp3) is 0.750. The number of hydrogen-bond acceptors (Lipinski definition) is 6. The molecule has 0 aromatic carbocycles. The number of carbonyl (C=O) groups is 1. The highest BCUT2D eigenvalue weighted by Crippen LogP contribution is 2.17. The third kappa shape index (κ3) is 3.30. The van der Waals surface area contributed by atoms with E-state index >= 15 is 0 Å². The topological polar surface area (TPSA) is 75.5 Å². The Kier molecular flexibility index (Phi) is 4.86. The lowest BCUT2D eigenvalue weighted by atomic mass is 10.1. The van der Waals surface area contributed by atoms with Gasteiger partial charge in [-0.1, -0.05) is 5.21 Å². The molecule has 1 saturated heterocycles. The van der Waals surface area contributed by atoms with Gasteiger partial charge in [-0.15, -0.1) is 5.10 Å². The van der Waals surface area contributed by atoms with Gasteiger partial charge in [-0.3, -0.25) is 0 Å². The Morgan fingerprint density at radius 2 is 2.37 bits per heavy atom. The van der Waals surface area contributed by atoms with Gasteiger partial charge in [-0.05, 0) is 6.42 Å². The van der Waals surface area contributed by atoms with Crippen molar-refractivity contribution in [1.29, 1.82) is 0 Å². The summed E-state index contributed by atoms with van der Waals surface area (Å²) in [6.07, 6.45) is 1.60. The molecule has 1 aliphatic rings. The van der Waals surface area contributed by atoms with E-state index in [0.717, 1.165) is 25.3 Å². The van der Waals surface area contributed by atoms with E-state index in [0.29, 0.717) is 25.5 Å². The van der Waals surface area contributed by atoms with Crippen molar-refractivity contribution in [2.75, 3.05) is 34.0 Å². The largest absolute Gasteiger partial charge is 0.464 e. The van der Waals surface area contributed by atoms with E-state index in [1.54, 1.807) is 11.8 Å². The number of hydrogen-bond donors (Lipinski definition) is 0. The first-order chi connectivity index (χ1) is 9.26. The van der Waals surface area contributed by atoms with Gasteiger partial charge in [0.2, 0.25) is 0 Å². The van der Waals surface area contributed by atoms with Crippen molar-refractivity contribution >= 4 is 5.97 Å². The lowest BCUT2D eigenvalue weighted by Crippen LogP contribution is -2.17. The smallest absolute Gasteiger partial charge is 0.360 e. The van der Waals surface area contributed by atoms with Crippen molar-refractivity contribution in [2.24, 2.45) is 5.92 Å². The van der Waals surface area contributed by atoms with Crippen molar-refractivity contribution in [3.8, 4) is 0 Å². The number of rotatable bonds is 6. The van der Waals surface area contributed by atoms with Crippen molar-refractivity contribution in [3.05, 3.63) is 11.4 Å². The van der Waals surface area contributed by atoms with Crippen LogP contribution in [0, 0.1) is 5.92 Å². The van der Waals surface area contributed by atoms with Crippen LogP contribution < -0.4 is 0 Å². The van der Waals surface area contributed by atoms with Crippen LogP contribution >= 0.6 is 0 Å². The third-order valence-electron chi connectivity index (χ3n) is 3.21. The molecule has 0 saturated carbocycles. The average Bonchev–Trinajstić information content (AvgIpc) is 3.06. The lowest BCUT2D eigenvalue weighted by Gasteiger charge is -2.10. The summed E-state index contributed by atoms with van der Waals surface area (Å²) < 4.78 is 16.9. The molecular formula is C12H19N3O4. The van der Waals surface area contributed by atoms with Gasteiger partial charge in [0.1, 0.15) is 0 Å². The molecule has 7 nitrogen and oxygen atoms in total. The number of ether oxygens (including phenoxy) is 3. The molecule has 1 aliphatic heterocycles. The molecule has 19 heavy (non-hydrogen) atoms. The van der Waals surface area contributed by atoms with Gasteiger partial charge in [-0.2, -0.15) is 0 Å². The van der Waals surface area contributed by atoms with Crippen LogP contribution in [0.15, 0.2) is 0 Å². The maximum absolute atomic E-state index is 11.6. The third-order valence-corrected chi connectivity index (χ3v) is 3.21. The Hall–Kier alpha value is -1.47. The fourth-order valence-corrected chi connectivity index (χ4v) is 2.15. The van der Waals surface area contributed by atoms with Crippen LogP contribution in [-0.4, -0.2) is 55.0 Å². The summed E-state index contributed by atoms with van der Waals surface area (Å²) in [5.74, 6) is -0.0338. The van der Waals surface area contributed by atoms with Crippen molar-refractivity contribution in [2.45, 2.75) is 19.4 Å². The maximum Gasteiger partial charge on any atom is 0.360 e. The molecule has 0 aliphatic carbocycles. The van der Waals surface area contributed by atoms with Gasteiger partial charge in [0, 0.05) is 32.6 Å². The molecular weight excluding hydrogens is 250 g/mol. The summed E-state index contributed by atoms with van der Waals surface area (Å²) in [5, 5.41) is 7.98. The van der Waals surface area contributed by atoms with E-state index < -0.39 is 5.97 Å². The molecule has 106 valence electrons. The molecule has 2 heterocycles. The molecule has 1 atom stereocenters. The summed E-state index contributed by atoms with van der Waals surface area (Å²) in [4.78, 5) is 11.6. The predicted octanol–water partition coefficient (Wildman–Crippen LogP) is 0.290. The van der Waals surface area contributed by atoms with Crippen LogP contribution in [-0.2, 0) is 27.2 Å². The number of aromatic nitrogens is 3. The molecule has 0 radical (unpaired) electrons. The summed E-state index contributed by atoms with van der Waals surface area (Å²) in [6, 6.07) is 0. The molecule has 0 bridgehead atoms. The van der Waals surface area contributed by atoms with E-state index in [1.807, 2.05) is 0 Å². The molecule has 7 heteroatoms. The quantitative estimate of drug-likeness (QED) is 0.691. The molecule has 1 aromatic heterocycles. The molecule has 0 N–H and O–H groups in total. The summed E-state index contributed by atoms with van der Waals surface area (Å²) in [6.45, 7) is 2.75. The summed E-state index contributed by atoms with van der Waals surface area (Å²) >= 11 is 0.